The van der Waals surface area contributed by atoms with Gasteiger partial charge in [-0.05, 0) is 6.07 Å². The third-order valence-corrected chi connectivity index (χ3v) is 2.32. The number of amidine groups is 2. The van der Waals surface area contributed by atoms with E-state index in [1.165, 1.54) is 0 Å². The Hall–Kier alpha value is -2.17. The van der Waals surface area contributed by atoms with E-state index in [9.17, 15) is 0 Å². The van der Waals surface area contributed by atoms with Gasteiger partial charge in [-0.15, -0.1) is 0 Å². The van der Waals surface area contributed by atoms with Crippen LogP contribution in [0.2, 0.25) is 0 Å². The van der Waals surface area contributed by atoms with Gasteiger partial charge in [0.25, 0.3) is 0 Å². The predicted octanol–water partition coefficient (Wildman–Crippen LogP) is 0.607. The van der Waals surface area contributed by atoms with Crippen molar-refractivity contribution < 1.29 is 0 Å². The van der Waals surface area contributed by atoms with E-state index in [4.69, 9.17) is 11.1 Å². The molecule has 2 aromatic rings. The maximum atomic E-state index is 7.57. The first kappa shape index (κ1) is 7.25. The number of aromatic amines is 1. The van der Waals surface area contributed by atoms with Crippen LogP contribution in [0.15, 0.2) is 23.5 Å². The van der Waals surface area contributed by atoms with Gasteiger partial charge in [0, 0.05) is 12.4 Å². The molecule has 3 heterocycles. The summed E-state index contributed by atoms with van der Waals surface area (Å²) in [5.41, 5.74) is 8.91. The lowest BCUT2D eigenvalue weighted by Gasteiger charge is -1.99. The topological polar surface area (TPSA) is 90.9 Å². The van der Waals surface area contributed by atoms with Gasteiger partial charge in [-0.25, -0.2) is 4.99 Å². The summed E-state index contributed by atoms with van der Waals surface area (Å²) in [4.78, 5) is 11.2. The van der Waals surface area contributed by atoms with Crippen molar-refractivity contribution >= 4 is 22.7 Å². The molecule has 5 nitrogen and oxygen atoms in total. The molecular formula is C9H7N5. The fourth-order valence-electron chi connectivity index (χ4n) is 1.68. The summed E-state index contributed by atoms with van der Waals surface area (Å²) in [6.07, 6.45) is 3.43. The van der Waals surface area contributed by atoms with Gasteiger partial charge in [0.05, 0.1) is 22.2 Å². The lowest BCUT2D eigenvalue weighted by atomic mass is 10.1. The zero-order chi connectivity index (χ0) is 9.71. The molecular weight excluding hydrogens is 178 g/mol. The Bertz CT molecular complexity index is 578. The molecule has 1 aliphatic heterocycles. The first-order valence-corrected chi connectivity index (χ1v) is 4.17. The number of pyridine rings is 1. The molecule has 2 aromatic heterocycles. The highest BCUT2D eigenvalue weighted by Gasteiger charge is 2.21. The smallest absolute Gasteiger partial charge is 0.156 e. The van der Waals surface area contributed by atoms with Gasteiger partial charge in [0.2, 0.25) is 0 Å². The summed E-state index contributed by atoms with van der Waals surface area (Å²) < 4.78 is 0. The average Bonchev–Trinajstić information content (AvgIpc) is 2.71. The number of aromatic nitrogens is 2. The van der Waals surface area contributed by atoms with E-state index in [1.54, 1.807) is 12.4 Å². The molecule has 0 radical (unpaired) electrons. The van der Waals surface area contributed by atoms with E-state index in [0.717, 1.165) is 16.6 Å². The van der Waals surface area contributed by atoms with Crippen molar-refractivity contribution in [2.24, 2.45) is 10.7 Å². The third-order valence-electron chi connectivity index (χ3n) is 2.32. The maximum Gasteiger partial charge on any atom is 0.156 e. The fraction of sp³-hybridized carbons (Fsp3) is 0. The van der Waals surface area contributed by atoms with E-state index >= 15 is 0 Å². The Labute approximate surface area is 79.2 Å². The molecule has 0 fully saturated rings. The molecule has 0 saturated heterocycles. The summed E-state index contributed by atoms with van der Waals surface area (Å²) in [5, 5.41) is 7.57. The number of aliphatic imine (C=N–C) groups is 1. The van der Waals surface area contributed by atoms with Crippen LogP contribution in [0.1, 0.15) is 11.1 Å². The molecule has 0 spiro atoms. The molecule has 0 saturated carbocycles. The van der Waals surface area contributed by atoms with Crippen LogP contribution >= 0.6 is 0 Å². The summed E-state index contributed by atoms with van der Waals surface area (Å²) >= 11 is 0. The molecule has 0 aliphatic carbocycles. The number of nitrogens with zero attached hydrogens (tertiary/aromatic N) is 2. The number of hydrogen-bond donors (Lipinski definition) is 3. The standard InChI is InChI=1S/C9H7N5/c10-8-4-3-13-5-1-2-12-7(5)6(4)9(11)14-8/h1-3,12H,(H3,10,11,14). The zero-order valence-corrected chi connectivity index (χ0v) is 7.20. The van der Waals surface area contributed by atoms with Crippen LogP contribution in [-0.4, -0.2) is 21.6 Å². The average molecular weight is 185 g/mol. The van der Waals surface area contributed by atoms with Crippen molar-refractivity contribution in [3.05, 3.63) is 29.6 Å². The second-order valence-electron chi connectivity index (χ2n) is 3.13. The molecule has 0 aromatic carbocycles. The number of H-pyrrole nitrogens is 1. The molecule has 0 atom stereocenters. The third kappa shape index (κ3) is 0.711. The number of fused-ring (bicyclic) bond motifs is 3. The lowest BCUT2D eigenvalue weighted by molar-refractivity contribution is 1.36. The highest BCUT2D eigenvalue weighted by molar-refractivity contribution is 6.25. The first-order valence-electron chi connectivity index (χ1n) is 4.17. The Morgan fingerprint density at radius 2 is 2.29 bits per heavy atom. The minimum absolute atomic E-state index is 0.182. The Kier molecular flexibility index (Phi) is 1.14. The van der Waals surface area contributed by atoms with Crippen LogP contribution in [0.3, 0.4) is 0 Å². The van der Waals surface area contributed by atoms with Gasteiger partial charge < -0.3 is 10.7 Å². The lowest BCUT2D eigenvalue weighted by Crippen LogP contribution is -2.11. The van der Waals surface area contributed by atoms with Crippen LogP contribution < -0.4 is 5.73 Å². The summed E-state index contributed by atoms with van der Waals surface area (Å²) in [6.45, 7) is 0. The maximum absolute atomic E-state index is 7.57. The number of rotatable bonds is 0. The van der Waals surface area contributed by atoms with Crippen LogP contribution in [0, 0.1) is 5.41 Å². The van der Waals surface area contributed by atoms with E-state index in [-0.39, 0.29) is 5.84 Å². The van der Waals surface area contributed by atoms with Gasteiger partial charge >= 0.3 is 0 Å². The minimum Gasteiger partial charge on any atom is -0.383 e. The van der Waals surface area contributed by atoms with Crippen molar-refractivity contribution in [2.75, 3.05) is 0 Å². The summed E-state index contributed by atoms with van der Waals surface area (Å²) in [7, 11) is 0. The molecule has 0 amide bonds. The molecule has 0 bridgehead atoms. The number of hydrogen-bond acceptors (Lipinski definition) is 3. The van der Waals surface area contributed by atoms with Crippen molar-refractivity contribution in [1.82, 2.24) is 9.97 Å². The molecule has 4 N–H and O–H groups in total. The summed E-state index contributed by atoms with van der Waals surface area (Å²) in [6, 6.07) is 1.87. The molecule has 68 valence electrons. The van der Waals surface area contributed by atoms with Crippen LogP contribution in [0.4, 0.5) is 0 Å². The normalized spacial score (nSPS) is 14.6. The zero-order valence-electron chi connectivity index (χ0n) is 7.20. The van der Waals surface area contributed by atoms with Crippen molar-refractivity contribution in [1.29, 1.82) is 5.41 Å². The Morgan fingerprint density at radius 3 is 3.14 bits per heavy atom. The van der Waals surface area contributed by atoms with E-state index in [2.05, 4.69) is 15.0 Å². The highest BCUT2D eigenvalue weighted by Crippen LogP contribution is 2.23. The van der Waals surface area contributed by atoms with Gasteiger partial charge in [-0.1, -0.05) is 0 Å². The molecule has 0 unspecified atom stereocenters. The van der Waals surface area contributed by atoms with Crippen LogP contribution in [-0.2, 0) is 0 Å². The van der Waals surface area contributed by atoms with E-state index < -0.39 is 0 Å². The summed E-state index contributed by atoms with van der Waals surface area (Å²) in [5.74, 6) is 0.571. The minimum atomic E-state index is 0.182. The van der Waals surface area contributed by atoms with Gasteiger partial charge in [-0.2, -0.15) is 0 Å². The van der Waals surface area contributed by atoms with E-state index in [1.807, 2.05) is 6.07 Å². The Morgan fingerprint density at radius 1 is 1.43 bits per heavy atom. The number of nitrogens with one attached hydrogen (secondary N) is 2. The Balaban J connectivity index is 2.51. The second-order valence-corrected chi connectivity index (χ2v) is 3.13. The first-order chi connectivity index (χ1) is 6.77. The predicted molar refractivity (Wildman–Crippen MR) is 53.6 cm³/mol. The van der Waals surface area contributed by atoms with Crippen molar-refractivity contribution in [3.63, 3.8) is 0 Å². The number of nitrogens with two attached hydrogens (primary N) is 1. The molecule has 3 rings (SSSR count). The monoisotopic (exact) mass is 185 g/mol. The van der Waals surface area contributed by atoms with Crippen molar-refractivity contribution in [3.8, 4) is 0 Å². The van der Waals surface area contributed by atoms with Gasteiger partial charge in [0.1, 0.15) is 5.84 Å². The molecule has 5 heteroatoms. The quantitative estimate of drug-likeness (QED) is 0.561. The second kappa shape index (κ2) is 2.20. The SMILES string of the molecule is N=C1N=C(N)c2c1cnc1cc[nH]c21. The molecule has 1 aliphatic rings. The fourth-order valence-corrected chi connectivity index (χ4v) is 1.68. The van der Waals surface area contributed by atoms with Crippen LogP contribution in [0.5, 0.6) is 0 Å². The highest BCUT2D eigenvalue weighted by atomic mass is 15.0. The van der Waals surface area contributed by atoms with E-state index in [0.29, 0.717) is 11.4 Å². The van der Waals surface area contributed by atoms with Crippen molar-refractivity contribution in [2.45, 2.75) is 0 Å². The molecule has 14 heavy (non-hydrogen) atoms. The van der Waals surface area contributed by atoms with Gasteiger partial charge in [0.15, 0.2) is 5.84 Å². The largest absolute Gasteiger partial charge is 0.383 e. The van der Waals surface area contributed by atoms with Gasteiger partial charge in [-0.3, -0.25) is 10.4 Å². The van der Waals surface area contributed by atoms with Crippen LogP contribution in [0.25, 0.3) is 11.0 Å².